The van der Waals surface area contributed by atoms with Crippen molar-refractivity contribution in [2.24, 2.45) is 0 Å². The number of nitrogens with zero attached hydrogens (tertiary/aromatic N) is 1. The molecule has 0 unspecified atom stereocenters. The molecule has 0 spiro atoms. The van der Waals surface area contributed by atoms with E-state index in [4.69, 9.17) is 9.31 Å². The summed E-state index contributed by atoms with van der Waals surface area (Å²) in [4.78, 5) is 7.37. The second kappa shape index (κ2) is 3.37. The van der Waals surface area contributed by atoms with E-state index in [1.165, 1.54) is 0 Å². The number of hydrogen-bond acceptors (Lipinski definition) is 3. The summed E-state index contributed by atoms with van der Waals surface area (Å²) in [5.74, 6) is 0.650. The fourth-order valence-electron chi connectivity index (χ4n) is 1.85. The molecule has 1 saturated heterocycles. The number of H-pyrrole nitrogens is 1. The molecule has 1 aliphatic heterocycles. The zero-order valence-electron chi connectivity index (χ0n) is 9.86. The molecule has 0 amide bonds. The minimum atomic E-state index is -0.447. The number of aromatic nitrogens is 2. The van der Waals surface area contributed by atoms with Gasteiger partial charge in [-0.2, -0.15) is 0 Å². The lowest BCUT2D eigenvalue weighted by Crippen LogP contribution is -2.34. The highest BCUT2D eigenvalue weighted by molar-refractivity contribution is 6.62. The third-order valence-corrected chi connectivity index (χ3v) is 3.02. The number of pyridine rings is 1. The van der Waals surface area contributed by atoms with Gasteiger partial charge >= 0.3 is 7.12 Å². The van der Waals surface area contributed by atoms with Crippen molar-refractivity contribution in [1.82, 2.24) is 9.97 Å². The number of aromatic amines is 1. The van der Waals surface area contributed by atoms with Crippen LogP contribution in [0.25, 0.3) is 11.0 Å². The Kier molecular flexibility index (Phi) is 2.06. The third kappa shape index (κ3) is 1.63. The van der Waals surface area contributed by atoms with E-state index in [0.29, 0.717) is 5.76 Å². The van der Waals surface area contributed by atoms with Crippen LogP contribution in [0.3, 0.4) is 0 Å². The molecule has 0 saturated carbocycles. The Morgan fingerprint density at radius 1 is 1.47 bits per heavy atom. The Morgan fingerprint density at radius 2 is 2.29 bits per heavy atom. The van der Waals surface area contributed by atoms with Gasteiger partial charge in [0, 0.05) is 23.2 Å². The first kappa shape index (κ1) is 10.4. The van der Waals surface area contributed by atoms with E-state index in [-0.39, 0.29) is 0 Å². The van der Waals surface area contributed by atoms with Crippen LogP contribution in [0.1, 0.15) is 13.8 Å². The van der Waals surface area contributed by atoms with Crippen LogP contribution < -0.4 is 5.46 Å². The molecule has 0 bridgehead atoms. The molecule has 0 aromatic carbocycles. The summed E-state index contributed by atoms with van der Waals surface area (Å²) in [5.41, 5.74) is 1.33. The Hall–Kier alpha value is -1.75. The van der Waals surface area contributed by atoms with Gasteiger partial charge in [0.1, 0.15) is 11.2 Å². The third-order valence-electron chi connectivity index (χ3n) is 3.02. The Labute approximate surface area is 99.8 Å². The normalized spacial score (nSPS) is 18.7. The lowest BCUT2D eigenvalue weighted by molar-refractivity contribution is 0.173. The van der Waals surface area contributed by atoms with E-state index in [0.717, 1.165) is 16.5 Å². The molecule has 0 atom stereocenters. The average Bonchev–Trinajstić information content (AvgIpc) is 2.83. The van der Waals surface area contributed by atoms with Gasteiger partial charge in [-0.3, -0.25) is 0 Å². The van der Waals surface area contributed by atoms with Crippen LogP contribution in [0, 0.1) is 0 Å². The molecule has 5 heteroatoms. The minimum Gasteiger partial charge on any atom is -0.534 e. The Morgan fingerprint density at radius 3 is 3.00 bits per heavy atom. The largest absolute Gasteiger partial charge is 0.564 e. The van der Waals surface area contributed by atoms with Crippen molar-refractivity contribution in [2.45, 2.75) is 19.4 Å². The molecule has 1 fully saturated rings. The van der Waals surface area contributed by atoms with Crippen LogP contribution in [-0.2, 0) is 9.31 Å². The average molecular weight is 228 g/mol. The highest BCUT2D eigenvalue weighted by Gasteiger charge is 2.42. The van der Waals surface area contributed by atoms with Gasteiger partial charge in [-0.05, 0) is 26.0 Å². The van der Waals surface area contributed by atoms with Crippen LogP contribution in [0.5, 0.6) is 0 Å². The van der Waals surface area contributed by atoms with Crippen LogP contribution in [0.2, 0.25) is 0 Å². The number of hydrogen-bond donors (Lipinski definition) is 1. The van der Waals surface area contributed by atoms with Crippen molar-refractivity contribution in [2.75, 3.05) is 0 Å². The van der Waals surface area contributed by atoms with Gasteiger partial charge in [0.05, 0.1) is 5.76 Å². The predicted molar refractivity (Wildman–Crippen MR) is 66.9 cm³/mol. The highest BCUT2D eigenvalue weighted by atomic mass is 16.7. The molecule has 3 heterocycles. The summed E-state index contributed by atoms with van der Waals surface area (Å²) < 4.78 is 11.4. The van der Waals surface area contributed by atoms with Gasteiger partial charge in [-0.1, -0.05) is 6.58 Å². The Balaban J connectivity index is 1.97. The summed E-state index contributed by atoms with van der Waals surface area (Å²) in [6.07, 6.45) is 3.62. The molecule has 4 nitrogen and oxygen atoms in total. The van der Waals surface area contributed by atoms with E-state index in [1.807, 2.05) is 32.2 Å². The van der Waals surface area contributed by atoms with Gasteiger partial charge in [0.2, 0.25) is 0 Å². The zero-order valence-corrected chi connectivity index (χ0v) is 9.86. The van der Waals surface area contributed by atoms with Crippen LogP contribution in [-0.4, -0.2) is 22.7 Å². The summed E-state index contributed by atoms with van der Waals surface area (Å²) >= 11 is 0. The van der Waals surface area contributed by atoms with Gasteiger partial charge in [-0.25, -0.2) is 4.98 Å². The van der Waals surface area contributed by atoms with Crippen molar-refractivity contribution in [3.63, 3.8) is 0 Å². The quantitative estimate of drug-likeness (QED) is 0.754. The first-order chi connectivity index (χ1) is 8.06. The highest BCUT2D eigenvalue weighted by Crippen LogP contribution is 2.29. The molecule has 86 valence electrons. The number of rotatable bonds is 1. The van der Waals surface area contributed by atoms with Crippen molar-refractivity contribution in [1.29, 1.82) is 0 Å². The van der Waals surface area contributed by atoms with Crippen molar-refractivity contribution in [3.8, 4) is 0 Å². The summed E-state index contributed by atoms with van der Waals surface area (Å²) in [6, 6.07) is 3.99. The van der Waals surface area contributed by atoms with Gasteiger partial charge in [0.15, 0.2) is 0 Å². The summed E-state index contributed by atoms with van der Waals surface area (Å²) in [6.45, 7) is 7.75. The van der Waals surface area contributed by atoms with Crippen molar-refractivity contribution in [3.05, 3.63) is 36.9 Å². The number of fused-ring (bicyclic) bond motifs is 1. The lowest BCUT2D eigenvalue weighted by atomic mass is 9.80. The smallest absolute Gasteiger partial charge is 0.534 e. The van der Waals surface area contributed by atoms with E-state index < -0.39 is 12.7 Å². The maximum atomic E-state index is 5.80. The molecule has 3 rings (SSSR count). The van der Waals surface area contributed by atoms with Crippen molar-refractivity contribution < 1.29 is 9.31 Å². The maximum absolute atomic E-state index is 5.80. The van der Waals surface area contributed by atoms with Crippen LogP contribution in [0.15, 0.2) is 36.9 Å². The molecule has 2 aromatic rings. The molecule has 0 radical (unpaired) electrons. The first-order valence-electron chi connectivity index (χ1n) is 5.53. The topological polar surface area (TPSA) is 47.1 Å². The zero-order chi connectivity index (χ0) is 12.0. The van der Waals surface area contributed by atoms with Gasteiger partial charge in [-0.15, -0.1) is 0 Å². The molecule has 2 aromatic heterocycles. The minimum absolute atomic E-state index is 0.413. The first-order valence-corrected chi connectivity index (χ1v) is 5.53. The van der Waals surface area contributed by atoms with Crippen LogP contribution >= 0.6 is 0 Å². The van der Waals surface area contributed by atoms with E-state index in [2.05, 4.69) is 16.5 Å². The van der Waals surface area contributed by atoms with E-state index in [9.17, 15) is 0 Å². The molecule has 17 heavy (non-hydrogen) atoms. The second-order valence-electron chi connectivity index (χ2n) is 4.69. The maximum Gasteiger partial charge on any atom is 0.564 e. The lowest BCUT2D eigenvalue weighted by Gasteiger charge is -2.15. The fraction of sp³-hybridized carbons (Fsp3) is 0.250. The second-order valence-corrected chi connectivity index (χ2v) is 4.69. The number of nitrogens with one attached hydrogen (secondary N) is 1. The van der Waals surface area contributed by atoms with Crippen LogP contribution in [0.4, 0.5) is 0 Å². The molecule has 1 aliphatic rings. The monoisotopic (exact) mass is 228 g/mol. The summed E-state index contributed by atoms with van der Waals surface area (Å²) in [7, 11) is -0.413. The standard InChI is InChI=1S/C12H13BN2O2/c1-8-12(2,3)17-13(16-8)10-6-9-4-5-14-11(9)15-7-10/h4-7H,1H2,2-3H3,(H,14,15). The predicted octanol–water partition coefficient (Wildman–Crippen LogP) is 1.60. The molecule has 0 aliphatic carbocycles. The van der Waals surface area contributed by atoms with E-state index in [1.54, 1.807) is 6.20 Å². The molecular weight excluding hydrogens is 215 g/mol. The molecular formula is C12H13BN2O2. The SMILES string of the molecule is C=C1OB(c2cnc3[nH]ccc3c2)OC1(C)C. The van der Waals surface area contributed by atoms with Gasteiger partial charge in [0.25, 0.3) is 0 Å². The Bertz CT molecular complexity index is 591. The molecule has 1 N–H and O–H groups in total. The summed E-state index contributed by atoms with van der Waals surface area (Å²) in [5, 5.41) is 1.05. The van der Waals surface area contributed by atoms with Crippen molar-refractivity contribution >= 4 is 23.6 Å². The van der Waals surface area contributed by atoms with E-state index >= 15 is 0 Å². The fourth-order valence-corrected chi connectivity index (χ4v) is 1.85. The van der Waals surface area contributed by atoms with Gasteiger partial charge < -0.3 is 14.3 Å².